The molecule has 3 aliphatic heterocycles. The van der Waals surface area contributed by atoms with Gasteiger partial charge < -0.3 is 9.64 Å². The minimum atomic E-state index is 0.185. The average Bonchev–Trinajstić information content (AvgIpc) is 3.22. The number of amides is 1. The molecular formula is C21H35N5O2. The maximum absolute atomic E-state index is 12.9. The third-order valence-electron chi connectivity index (χ3n) is 6.62. The summed E-state index contributed by atoms with van der Waals surface area (Å²) in [6, 6.07) is 0.634. The molecule has 1 amide bonds. The lowest BCUT2D eigenvalue weighted by atomic mass is 9.92. The first-order valence-electron chi connectivity index (χ1n) is 11.1. The van der Waals surface area contributed by atoms with Gasteiger partial charge in [-0.2, -0.15) is 5.10 Å². The molecule has 3 aliphatic rings. The second-order valence-corrected chi connectivity index (χ2v) is 8.48. The number of likely N-dealkylation sites (tertiary alicyclic amines) is 2. The molecule has 7 nitrogen and oxygen atoms in total. The molecule has 3 saturated heterocycles. The summed E-state index contributed by atoms with van der Waals surface area (Å²) in [4.78, 5) is 20.1. The molecule has 1 unspecified atom stereocenters. The summed E-state index contributed by atoms with van der Waals surface area (Å²) in [6.45, 7) is 11.4. The molecule has 1 atom stereocenters. The van der Waals surface area contributed by atoms with E-state index in [0.717, 1.165) is 65.2 Å². The van der Waals surface area contributed by atoms with Gasteiger partial charge in [0.05, 0.1) is 25.3 Å². The quantitative estimate of drug-likeness (QED) is 0.763. The molecule has 4 rings (SSSR count). The normalized spacial score (nSPS) is 25.9. The lowest BCUT2D eigenvalue weighted by molar-refractivity contribution is -0.142. The first-order chi connectivity index (χ1) is 13.7. The third kappa shape index (κ3) is 4.75. The van der Waals surface area contributed by atoms with Crippen molar-refractivity contribution >= 4 is 5.91 Å². The molecule has 4 heterocycles. The zero-order chi connectivity index (χ0) is 19.3. The second-order valence-electron chi connectivity index (χ2n) is 8.48. The molecular weight excluding hydrogens is 354 g/mol. The number of ether oxygens (including phenoxy) is 1. The summed E-state index contributed by atoms with van der Waals surface area (Å²) in [7, 11) is 0. The molecule has 0 aromatic carbocycles. The van der Waals surface area contributed by atoms with Gasteiger partial charge in [-0.05, 0) is 52.2 Å². The molecule has 156 valence electrons. The van der Waals surface area contributed by atoms with Crippen LogP contribution >= 0.6 is 0 Å². The number of hydrogen-bond acceptors (Lipinski definition) is 5. The molecule has 1 aromatic rings. The van der Waals surface area contributed by atoms with Gasteiger partial charge in [-0.25, -0.2) is 0 Å². The summed E-state index contributed by atoms with van der Waals surface area (Å²) >= 11 is 0. The Morgan fingerprint density at radius 1 is 1.14 bits per heavy atom. The van der Waals surface area contributed by atoms with Crippen molar-refractivity contribution in [2.45, 2.75) is 51.7 Å². The Bertz CT molecular complexity index is 634. The Balaban J connectivity index is 1.25. The highest BCUT2D eigenvalue weighted by Gasteiger charge is 2.33. The minimum Gasteiger partial charge on any atom is -0.378 e. The van der Waals surface area contributed by atoms with Crippen LogP contribution in [0.3, 0.4) is 0 Å². The van der Waals surface area contributed by atoms with Crippen LogP contribution in [0.25, 0.3) is 0 Å². The van der Waals surface area contributed by atoms with Crippen LogP contribution in [0.4, 0.5) is 0 Å². The van der Waals surface area contributed by atoms with E-state index in [1.807, 2.05) is 15.8 Å². The van der Waals surface area contributed by atoms with Crippen LogP contribution in [0, 0.1) is 5.92 Å². The van der Waals surface area contributed by atoms with E-state index in [1.165, 1.54) is 18.4 Å². The Kier molecular flexibility index (Phi) is 6.65. The van der Waals surface area contributed by atoms with E-state index in [2.05, 4.69) is 28.0 Å². The Morgan fingerprint density at radius 3 is 2.64 bits per heavy atom. The molecule has 1 aromatic heterocycles. The van der Waals surface area contributed by atoms with Crippen molar-refractivity contribution < 1.29 is 9.53 Å². The zero-order valence-electron chi connectivity index (χ0n) is 17.3. The maximum Gasteiger partial charge on any atom is 0.227 e. The molecule has 7 heteroatoms. The van der Waals surface area contributed by atoms with Crippen molar-refractivity contribution in [3.8, 4) is 0 Å². The van der Waals surface area contributed by atoms with E-state index < -0.39 is 0 Å². The number of nitrogens with zero attached hydrogens (tertiary/aromatic N) is 5. The van der Waals surface area contributed by atoms with E-state index in [1.54, 1.807) is 0 Å². The summed E-state index contributed by atoms with van der Waals surface area (Å²) < 4.78 is 7.40. The largest absolute Gasteiger partial charge is 0.378 e. The van der Waals surface area contributed by atoms with E-state index in [9.17, 15) is 4.79 Å². The Labute approximate surface area is 168 Å². The fourth-order valence-corrected chi connectivity index (χ4v) is 4.94. The molecule has 0 bridgehead atoms. The first kappa shape index (κ1) is 19.9. The van der Waals surface area contributed by atoms with E-state index in [4.69, 9.17) is 4.74 Å². The average molecular weight is 390 g/mol. The number of carbonyl (C=O) groups excluding carboxylic acids is 1. The number of morpholine rings is 1. The number of piperidine rings is 2. The van der Waals surface area contributed by atoms with Crippen LogP contribution in [0.2, 0.25) is 0 Å². The van der Waals surface area contributed by atoms with Crippen molar-refractivity contribution in [3.05, 3.63) is 18.0 Å². The van der Waals surface area contributed by atoms with Gasteiger partial charge in [0.2, 0.25) is 5.91 Å². The monoisotopic (exact) mass is 389 g/mol. The fraction of sp³-hybridized carbons (Fsp3) is 0.810. The smallest absolute Gasteiger partial charge is 0.227 e. The van der Waals surface area contributed by atoms with Crippen molar-refractivity contribution in [3.63, 3.8) is 0 Å². The number of aromatic nitrogens is 2. The minimum absolute atomic E-state index is 0.185. The van der Waals surface area contributed by atoms with Crippen LogP contribution in [-0.2, 0) is 22.6 Å². The highest BCUT2D eigenvalue weighted by molar-refractivity contribution is 5.79. The van der Waals surface area contributed by atoms with Crippen LogP contribution in [0.1, 0.15) is 38.2 Å². The predicted octanol–water partition coefficient (Wildman–Crippen LogP) is 1.44. The number of hydrogen-bond donors (Lipinski definition) is 0. The number of aryl methyl sites for hydroxylation is 1. The predicted molar refractivity (Wildman–Crippen MR) is 108 cm³/mol. The molecule has 0 N–H and O–H groups in total. The van der Waals surface area contributed by atoms with Gasteiger partial charge in [-0.15, -0.1) is 0 Å². The van der Waals surface area contributed by atoms with Crippen molar-refractivity contribution in [2.75, 3.05) is 52.5 Å². The molecule has 0 spiro atoms. The van der Waals surface area contributed by atoms with Gasteiger partial charge in [0.15, 0.2) is 0 Å². The second kappa shape index (κ2) is 9.37. The molecule has 0 aliphatic carbocycles. The maximum atomic E-state index is 12.9. The molecule has 3 fully saturated rings. The van der Waals surface area contributed by atoms with Crippen LogP contribution in [0.5, 0.6) is 0 Å². The summed E-state index contributed by atoms with van der Waals surface area (Å²) in [5, 5.41) is 4.39. The van der Waals surface area contributed by atoms with Gasteiger partial charge in [-0.3, -0.25) is 19.3 Å². The zero-order valence-corrected chi connectivity index (χ0v) is 17.3. The molecule has 0 saturated carbocycles. The highest BCUT2D eigenvalue weighted by Crippen LogP contribution is 2.26. The van der Waals surface area contributed by atoms with Crippen LogP contribution in [0.15, 0.2) is 12.4 Å². The van der Waals surface area contributed by atoms with E-state index >= 15 is 0 Å². The lowest BCUT2D eigenvalue weighted by Crippen LogP contribution is -2.52. The molecule has 28 heavy (non-hydrogen) atoms. The topological polar surface area (TPSA) is 53.8 Å². The lowest BCUT2D eigenvalue weighted by Gasteiger charge is -2.43. The Hall–Kier alpha value is -1.44. The van der Waals surface area contributed by atoms with Crippen molar-refractivity contribution in [1.29, 1.82) is 0 Å². The van der Waals surface area contributed by atoms with E-state index in [-0.39, 0.29) is 5.92 Å². The summed E-state index contributed by atoms with van der Waals surface area (Å²) in [5.41, 5.74) is 1.31. The number of rotatable bonds is 5. The Morgan fingerprint density at radius 2 is 1.93 bits per heavy atom. The van der Waals surface area contributed by atoms with Crippen molar-refractivity contribution in [1.82, 2.24) is 24.5 Å². The van der Waals surface area contributed by atoms with Gasteiger partial charge in [-0.1, -0.05) is 0 Å². The van der Waals surface area contributed by atoms with Crippen LogP contribution < -0.4 is 0 Å². The third-order valence-corrected chi connectivity index (χ3v) is 6.62. The SMILES string of the molecule is CCn1cc(CN2CCC(N3CCCC(C(=O)N4CCOCC4)C3)CC2)cn1. The van der Waals surface area contributed by atoms with E-state index in [0.29, 0.717) is 25.2 Å². The first-order valence-corrected chi connectivity index (χ1v) is 11.1. The number of carbonyl (C=O) groups is 1. The highest BCUT2D eigenvalue weighted by atomic mass is 16.5. The van der Waals surface area contributed by atoms with Gasteiger partial charge in [0.25, 0.3) is 0 Å². The van der Waals surface area contributed by atoms with Crippen molar-refractivity contribution in [2.24, 2.45) is 5.92 Å². The standard InChI is InChI=1S/C21H35N5O2/c1-2-26-16-18(14-22-26)15-23-8-5-20(6-9-23)25-7-3-4-19(17-25)21(27)24-10-12-28-13-11-24/h14,16,19-20H,2-13,15,17H2,1H3. The van der Waals surface area contributed by atoms with Gasteiger partial charge in [0.1, 0.15) is 0 Å². The fourth-order valence-electron chi connectivity index (χ4n) is 4.94. The summed E-state index contributed by atoms with van der Waals surface area (Å²) in [5.74, 6) is 0.545. The summed E-state index contributed by atoms with van der Waals surface area (Å²) in [6.07, 6.45) is 8.78. The van der Waals surface area contributed by atoms with Crippen LogP contribution in [-0.4, -0.2) is 88.9 Å². The van der Waals surface area contributed by atoms with Gasteiger partial charge >= 0.3 is 0 Å². The van der Waals surface area contributed by atoms with Gasteiger partial charge in [0, 0.05) is 50.5 Å². The molecule has 0 radical (unpaired) electrons.